The number of nitrogens with one attached hydrogen (secondary N) is 2. The summed E-state index contributed by atoms with van der Waals surface area (Å²) >= 11 is 0. The molecule has 0 spiro atoms. The van der Waals surface area contributed by atoms with Gasteiger partial charge in [-0.25, -0.2) is 4.98 Å². The van der Waals surface area contributed by atoms with Crippen molar-refractivity contribution < 1.29 is 14.0 Å². The molecule has 4 rings (SSSR count). The molecule has 0 saturated heterocycles. The summed E-state index contributed by atoms with van der Waals surface area (Å²) in [6.45, 7) is 8.17. The quantitative estimate of drug-likeness (QED) is 0.608. The Hall–Kier alpha value is -3.55. The number of aryl methyl sites for hydroxylation is 1. The van der Waals surface area contributed by atoms with E-state index in [0.29, 0.717) is 18.3 Å². The molecule has 0 bridgehead atoms. The number of carbonyl (C=O) groups excluding carboxylic acids is 2. The average molecular weight is 434 g/mol. The number of amides is 2. The number of hydrogen-bond acceptors (Lipinski definition) is 6. The SMILES string of the molecule is Cc1cc(-c2ccnc(NC(=O)C3CC3)c2)ccc1CNC(=O)c1nnc(C(C)(C)C)o1. The van der Waals surface area contributed by atoms with Crippen molar-refractivity contribution >= 4 is 17.6 Å². The monoisotopic (exact) mass is 433 g/mol. The van der Waals surface area contributed by atoms with Gasteiger partial charge in [-0.15, -0.1) is 10.2 Å². The number of nitrogens with zero attached hydrogens (tertiary/aromatic N) is 3. The molecule has 8 nitrogen and oxygen atoms in total. The Labute approximate surface area is 186 Å². The van der Waals surface area contributed by atoms with Gasteiger partial charge in [-0.05, 0) is 54.2 Å². The summed E-state index contributed by atoms with van der Waals surface area (Å²) in [5.41, 5.74) is 3.67. The van der Waals surface area contributed by atoms with Crippen LogP contribution in [0, 0.1) is 12.8 Å². The number of aromatic nitrogens is 3. The Morgan fingerprint density at radius 3 is 2.50 bits per heavy atom. The van der Waals surface area contributed by atoms with Gasteiger partial charge in [-0.3, -0.25) is 9.59 Å². The van der Waals surface area contributed by atoms with Gasteiger partial charge in [0.2, 0.25) is 11.8 Å². The fraction of sp³-hybridized carbons (Fsp3) is 0.375. The molecular formula is C24H27N5O3. The second-order valence-electron chi connectivity index (χ2n) is 9.18. The van der Waals surface area contributed by atoms with E-state index < -0.39 is 5.91 Å². The van der Waals surface area contributed by atoms with Gasteiger partial charge in [0.05, 0.1) is 0 Å². The van der Waals surface area contributed by atoms with Crippen LogP contribution in [0.4, 0.5) is 5.82 Å². The first-order chi connectivity index (χ1) is 15.2. The van der Waals surface area contributed by atoms with E-state index in [1.807, 2.05) is 58.0 Å². The molecule has 2 heterocycles. The van der Waals surface area contributed by atoms with Gasteiger partial charge in [0, 0.05) is 24.1 Å². The van der Waals surface area contributed by atoms with E-state index in [1.165, 1.54) is 0 Å². The predicted molar refractivity (Wildman–Crippen MR) is 120 cm³/mol. The van der Waals surface area contributed by atoms with Gasteiger partial charge in [-0.2, -0.15) is 0 Å². The van der Waals surface area contributed by atoms with Crippen LogP contribution in [0.25, 0.3) is 11.1 Å². The minimum Gasteiger partial charge on any atom is -0.416 e. The Morgan fingerprint density at radius 2 is 1.84 bits per heavy atom. The van der Waals surface area contributed by atoms with Gasteiger partial charge in [0.15, 0.2) is 0 Å². The lowest BCUT2D eigenvalue weighted by atomic mass is 9.97. The second-order valence-corrected chi connectivity index (χ2v) is 9.18. The molecule has 1 aromatic carbocycles. The summed E-state index contributed by atoms with van der Waals surface area (Å²) in [6, 6.07) is 9.79. The Kier molecular flexibility index (Phi) is 5.78. The lowest BCUT2D eigenvalue weighted by Crippen LogP contribution is -2.23. The smallest absolute Gasteiger partial charge is 0.309 e. The van der Waals surface area contributed by atoms with Crippen LogP contribution < -0.4 is 10.6 Å². The molecule has 2 aromatic heterocycles. The molecule has 1 aliphatic rings. The summed E-state index contributed by atoms with van der Waals surface area (Å²) in [4.78, 5) is 28.6. The standard InChI is InChI=1S/C24H27N5O3/c1-14-11-16(17-9-10-25-19(12-17)27-20(30)15-5-6-15)7-8-18(14)13-26-21(31)22-28-29-23(32-22)24(2,3)4/h7-12,15H,5-6,13H2,1-4H3,(H,26,31)(H,25,27,30). The Morgan fingerprint density at radius 1 is 1.09 bits per heavy atom. The number of rotatable bonds is 6. The first-order valence-electron chi connectivity index (χ1n) is 10.7. The molecule has 1 fully saturated rings. The highest BCUT2D eigenvalue weighted by Gasteiger charge is 2.29. The minimum absolute atomic E-state index is 0.0350. The van der Waals surface area contributed by atoms with Crippen LogP contribution in [0.5, 0.6) is 0 Å². The van der Waals surface area contributed by atoms with Crippen molar-refractivity contribution in [1.82, 2.24) is 20.5 Å². The zero-order valence-electron chi connectivity index (χ0n) is 18.7. The first-order valence-corrected chi connectivity index (χ1v) is 10.7. The van der Waals surface area contributed by atoms with Gasteiger partial charge in [0.25, 0.3) is 0 Å². The third-order valence-corrected chi connectivity index (χ3v) is 5.34. The van der Waals surface area contributed by atoms with Gasteiger partial charge in [-0.1, -0.05) is 39.0 Å². The van der Waals surface area contributed by atoms with Crippen LogP contribution in [0.2, 0.25) is 0 Å². The third kappa shape index (κ3) is 5.01. The lowest BCUT2D eigenvalue weighted by molar-refractivity contribution is -0.117. The van der Waals surface area contributed by atoms with E-state index in [9.17, 15) is 9.59 Å². The molecular weight excluding hydrogens is 406 g/mol. The maximum absolute atomic E-state index is 12.4. The topological polar surface area (TPSA) is 110 Å². The average Bonchev–Trinajstić information content (AvgIpc) is 3.48. The third-order valence-electron chi connectivity index (χ3n) is 5.34. The van der Waals surface area contributed by atoms with Crippen LogP contribution in [-0.2, 0) is 16.8 Å². The van der Waals surface area contributed by atoms with Crippen molar-refractivity contribution in [3.8, 4) is 11.1 Å². The van der Waals surface area contributed by atoms with E-state index in [1.54, 1.807) is 6.20 Å². The number of carbonyl (C=O) groups is 2. The van der Waals surface area contributed by atoms with Crippen LogP contribution in [-0.4, -0.2) is 27.0 Å². The van der Waals surface area contributed by atoms with Crippen molar-refractivity contribution in [1.29, 1.82) is 0 Å². The van der Waals surface area contributed by atoms with Crippen LogP contribution in [0.3, 0.4) is 0 Å². The molecule has 1 saturated carbocycles. The van der Waals surface area contributed by atoms with E-state index in [-0.39, 0.29) is 23.1 Å². The molecule has 0 unspecified atom stereocenters. The van der Waals surface area contributed by atoms with Crippen molar-refractivity contribution in [2.24, 2.45) is 5.92 Å². The second kappa shape index (κ2) is 8.53. The Balaban J connectivity index is 1.41. The number of anilines is 1. The highest BCUT2D eigenvalue weighted by molar-refractivity contribution is 5.93. The van der Waals surface area contributed by atoms with Crippen molar-refractivity contribution in [2.45, 2.75) is 52.5 Å². The molecule has 2 N–H and O–H groups in total. The van der Waals surface area contributed by atoms with E-state index in [2.05, 4.69) is 25.8 Å². The first kappa shape index (κ1) is 21.7. The van der Waals surface area contributed by atoms with Gasteiger partial charge >= 0.3 is 11.8 Å². The normalized spacial score (nSPS) is 13.6. The van der Waals surface area contributed by atoms with Gasteiger partial charge < -0.3 is 15.1 Å². The van der Waals surface area contributed by atoms with E-state index >= 15 is 0 Å². The summed E-state index contributed by atoms with van der Waals surface area (Å²) in [5.74, 6) is 0.705. The largest absolute Gasteiger partial charge is 0.416 e. The molecule has 0 atom stereocenters. The Bertz CT molecular complexity index is 1160. The maximum atomic E-state index is 12.4. The van der Waals surface area contributed by atoms with E-state index in [0.717, 1.165) is 35.1 Å². The lowest BCUT2D eigenvalue weighted by Gasteiger charge is -2.11. The zero-order chi connectivity index (χ0) is 22.9. The molecule has 166 valence electrons. The highest BCUT2D eigenvalue weighted by Crippen LogP contribution is 2.30. The molecule has 1 aliphatic carbocycles. The van der Waals surface area contributed by atoms with Gasteiger partial charge in [0.1, 0.15) is 5.82 Å². The molecule has 32 heavy (non-hydrogen) atoms. The van der Waals surface area contributed by atoms with Crippen LogP contribution in [0.15, 0.2) is 40.9 Å². The summed E-state index contributed by atoms with van der Waals surface area (Å²) < 4.78 is 5.49. The number of pyridine rings is 1. The highest BCUT2D eigenvalue weighted by atomic mass is 16.4. The maximum Gasteiger partial charge on any atom is 0.309 e. The number of hydrogen-bond donors (Lipinski definition) is 2. The molecule has 0 aliphatic heterocycles. The minimum atomic E-state index is -0.401. The van der Waals surface area contributed by atoms with Crippen molar-refractivity contribution in [3.63, 3.8) is 0 Å². The summed E-state index contributed by atoms with van der Waals surface area (Å²) in [7, 11) is 0. The number of benzene rings is 1. The molecule has 2 amide bonds. The fourth-order valence-corrected chi connectivity index (χ4v) is 3.20. The molecule has 0 radical (unpaired) electrons. The fourth-order valence-electron chi connectivity index (χ4n) is 3.20. The van der Waals surface area contributed by atoms with E-state index in [4.69, 9.17) is 4.42 Å². The van der Waals surface area contributed by atoms with Crippen LogP contribution >= 0.6 is 0 Å². The summed E-state index contributed by atoms with van der Waals surface area (Å²) in [6.07, 6.45) is 3.59. The molecule has 3 aromatic rings. The van der Waals surface area contributed by atoms with Crippen molar-refractivity contribution in [3.05, 3.63) is 59.4 Å². The zero-order valence-corrected chi connectivity index (χ0v) is 18.7. The van der Waals surface area contributed by atoms with Crippen molar-refractivity contribution in [2.75, 3.05) is 5.32 Å². The predicted octanol–water partition coefficient (Wildman–Crippen LogP) is 4.02. The molecule has 8 heteroatoms. The van der Waals surface area contributed by atoms with Crippen LogP contribution in [0.1, 0.15) is 61.3 Å². The summed E-state index contributed by atoms with van der Waals surface area (Å²) in [5, 5.41) is 13.5.